The van der Waals surface area contributed by atoms with Crippen molar-refractivity contribution in [2.45, 2.75) is 64.5 Å². The molecule has 1 aliphatic carbocycles. The third-order valence-corrected chi connectivity index (χ3v) is 5.56. The van der Waals surface area contributed by atoms with E-state index in [0.717, 1.165) is 37.7 Å². The van der Waals surface area contributed by atoms with E-state index in [9.17, 15) is 9.59 Å². The molecule has 1 aromatic rings. The van der Waals surface area contributed by atoms with Crippen molar-refractivity contribution in [1.82, 2.24) is 10.2 Å². The van der Waals surface area contributed by atoms with Gasteiger partial charge in [0, 0.05) is 17.6 Å². The third kappa shape index (κ3) is 6.69. The fourth-order valence-electron chi connectivity index (χ4n) is 3.52. The zero-order valence-electron chi connectivity index (χ0n) is 16.2. The molecule has 1 aliphatic rings. The average molecular weight is 413 g/mol. The number of carbonyl (C=O) groups excluding carboxylic acids is 2. The van der Waals surface area contributed by atoms with Crippen molar-refractivity contribution in [1.29, 1.82) is 0 Å². The Morgan fingerprint density at radius 1 is 1.15 bits per heavy atom. The van der Waals surface area contributed by atoms with Crippen molar-refractivity contribution >= 4 is 35.0 Å². The zero-order chi connectivity index (χ0) is 19.8. The van der Waals surface area contributed by atoms with Gasteiger partial charge in [-0.3, -0.25) is 9.59 Å². The molecule has 2 amide bonds. The summed E-state index contributed by atoms with van der Waals surface area (Å²) in [7, 11) is 0. The monoisotopic (exact) mass is 412 g/mol. The van der Waals surface area contributed by atoms with Crippen molar-refractivity contribution < 1.29 is 9.59 Å². The lowest BCUT2D eigenvalue weighted by molar-refractivity contribution is -0.139. The van der Waals surface area contributed by atoms with Gasteiger partial charge in [0.25, 0.3) is 0 Å². The fraction of sp³-hybridized carbons (Fsp3) is 0.619. The molecule has 0 aromatic heterocycles. The topological polar surface area (TPSA) is 49.4 Å². The van der Waals surface area contributed by atoms with Crippen molar-refractivity contribution in [3.8, 4) is 0 Å². The summed E-state index contributed by atoms with van der Waals surface area (Å²) in [4.78, 5) is 27.4. The smallest absolute Gasteiger partial charge is 0.247 e. The first-order valence-electron chi connectivity index (χ1n) is 9.83. The molecule has 0 bridgehead atoms. The van der Waals surface area contributed by atoms with E-state index in [1.807, 2.05) is 12.1 Å². The van der Waals surface area contributed by atoms with Gasteiger partial charge >= 0.3 is 0 Å². The van der Waals surface area contributed by atoms with Gasteiger partial charge < -0.3 is 10.2 Å². The Morgan fingerprint density at radius 2 is 1.78 bits per heavy atom. The quantitative estimate of drug-likeness (QED) is 0.614. The molecule has 27 heavy (non-hydrogen) atoms. The average Bonchev–Trinajstić information content (AvgIpc) is 2.66. The lowest BCUT2D eigenvalue weighted by atomic mass is 9.94. The highest BCUT2D eigenvalue weighted by molar-refractivity contribution is 6.30. The largest absolute Gasteiger partial charge is 0.351 e. The molecule has 0 unspecified atom stereocenters. The van der Waals surface area contributed by atoms with E-state index in [0.29, 0.717) is 17.5 Å². The Labute approximate surface area is 172 Å². The van der Waals surface area contributed by atoms with Gasteiger partial charge in [-0.15, -0.1) is 11.6 Å². The van der Waals surface area contributed by atoms with Crippen LogP contribution in [0.1, 0.15) is 64.0 Å². The van der Waals surface area contributed by atoms with Crippen LogP contribution in [0.25, 0.3) is 0 Å². The molecule has 2 rings (SSSR count). The Hall–Kier alpha value is -1.26. The van der Waals surface area contributed by atoms with Crippen molar-refractivity contribution in [3.05, 3.63) is 34.9 Å². The highest BCUT2D eigenvalue weighted by Gasteiger charge is 2.32. The molecule has 1 aromatic carbocycles. The summed E-state index contributed by atoms with van der Waals surface area (Å²) in [6.07, 6.45) is 6.28. The third-order valence-electron chi connectivity index (χ3n) is 5.08. The summed E-state index contributed by atoms with van der Waals surface area (Å²) in [6.45, 7) is 4.69. The Bertz CT molecular complexity index is 613. The highest BCUT2D eigenvalue weighted by Crippen LogP contribution is 2.26. The molecule has 0 saturated heterocycles. The van der Waals surface area contributed by atoms with Crippen LogP contribution >= 0.6 is 23.2 Å². The molecular formula is C21H30Cl2N2O2. The molecule has 1 atom stereocenters. The van der Waals surface area contributed by atoms with Crippen LogP contribution < -0.4 is 5.32 Å². The lowest BCUT2D eigenvalue weighted by Gasteiger charge is -2.33. The number of benzene rings is 1. The van der Waals surface area contributed by atoms with E-state index < -0.39 is 6.04 Å². The summed E-state index contributed by atoms with van der Waals surface area (Å²) >= 11 is 11.9. The minimum atomic E-state index is -0.686. The molecule has 1 saturated carbocycles. The van der Waals surface area contributed by atoms with Crippen LogP contribution in [0.3, 0.4) is 0 Å². The predicted molar refractivity (Wildman–Crippen MR) is 111 cm³/mol. The van der Waals surface area contributed by atoms with E-state index in [1.54, 1.807) is 17.0 Å². The number of hydrogen-bond acceptors (Lipinski definition) is 2. The van der Waals surface area contributed by atoms with Crippen LogP contribution in [0.5, 0.6) is 0 Å². The summed E-state index contributed by atoms with van der Waals surface area (Å²) in [5.74, 6) is -0.0794. The molecule has 0 radical (unpaired) electrons. The second-order valence-electron chi connectivity index (χ2n) is 7.70. The Balaban J connectivity index is 2.28. The summed E-state index contributed by atoms with van der Waals surface area (Å²) in [5, 5.41) is 3.77. The van der Waals surface area contributed by atoms with Gasteiger partial charge in [0.15, 0.2) is 0 Å². The van der Waals surface area contributed by atoms with E-state index >= 15 is 0 Å². The van der Waals surface area contributed by atoms with Gasteiger partial charge in [-0.25, -0.2) is 0 Å². The van der Waals surface area contributed by atoms with Crippen LogP contribution in [0.4, 0.5) is 0 Å². The van der Waals surface area contributed by atoms with Crippen molar-refractivity contribution in [2.75, 3.05) is 12.4 Å². The summed E-state index contributed by atoms with van der Waals surface area (Å²) < 4.78 is 0. The first-order chi connectivity index (χ1) is 12.9. The summed E-state index contributed by atoms with van der Waals surface area (Å²) in [5.41, 5.74) is 0.759. The maximum atomic E-state index is 13.2. The first kappa shape index (κ1) is 22.0. The van der Waals surface area contributed by atoms with Crippen LogP contribution in [0, 0.1) is 5.92 Å². The van der Waals surface area contributed by atoms with Gasteiger partial charge in [-0.2, -0.15) is 0 Å². The number of amides is 2. The first-order valence-corrected chi connectivity index (χ1v) is 10.7. The molecule has 1 N–H and O–H groups in total. The SMILES string of the molecule is CC(C)CCN(C(=O)CCl)[C@@H](C(=O)NC1CCCCC1)c1ccc(Cl)cc1. The number of hydrogen-bond donors (Lipinski definition) is 1. The molecule has 4 nitrogen and oxygen atoms in total. The number of halogens is 2. The minimum absolute atomic E-state index is 0.133. The maximum absolute atomic E-state index is 13.2. The van der Waals surface area contributed by atoms with Crippen molar-refractivity contribution in [2.24, 2.45) is 5.92 Å². The molecule has 150 valence electrons. The van der Waals surface area contributed by atoms with Gasteiger partial charge in [-0.1, -0.05) is 56.8 Å². The zero-order valence-corrected chi connectivity index (χ0v) is 17.7. The van der Waals surface area contributed by atoms with Gasteiger partial charge in [0.2, 0.25) is 11.8 Å². The molecule has 6 heteroatoms. The number of carbonyl (C=O) groups is 2. The molecule has 0 heterocycles. The van der Waals surface area contributed by atoms with E-state index in [4.69, 9.17) is 23.2 Å². The van der Waals surface area contributed by atoms with Crippen LogP contribution in [0.15, 0.2) is 24.3 Å². The summed E-state index contributed by atoms with van der Waals surface area (Å²) in [6, 6.07) is 6.63. The lowest BCUT2D eigenvalue weighted by Crippen LogP contribution is -2.47. The highest BCUT2D eigenvalue weighted by atomic mass is 35.5. The minimum Gasteiger partial charge on any atom is -0.351 e. The maximum Gasteiger partial charge on any atom is 0.247 e. The second-order valence-corrected chi connectivity index (χ2v) is 8.40. The number of nitrogens with zero attached hydrogens (tertiary/aromatic N) is 1. The van der Waals surface area contributed by atoms with Crippen LogP contribution in [-0.4, -0.2) is 35.2 Å². The van der Waals surface area contributed by atoms with Crippen LogP contribution in [-0.2, 0) is 9.59 Å². The van der Waals surface area contributed by atoms with E-state index in [1.165, 1.54) is 6.42 Å². The Kier molecular flexibility index (Phi) is 8.91. The molecule has 1 fully saturated rings. The van der Waals surface area contributed by atoms with E-state index in [2.05, 4.69) is 19.2 Å². The number of nitrogens with one attached hydrogen (secondary N) is 1. The number of rotatable bonds is 8. The predicted octanol–water partition coefficient (Wildman–Crippen LogP) is 4.94. The normalized spacial score (nSPS) is 16.2. The second kappa shape index (κ2) is 10.9. The fourth-order valence-corrected chi connectivity index (χ4v) is 3.80. The van der Waals surface area contributed by atoms with Crippen LogP contribution in [0.2, 0.25) is 5.02 Å². The number of alkyl halides is 1. The van der Waals surface area contributed by atoms with Gasteiger partial charge in [0.1, 0.15) is 11.9 Å². The van der Waals surface area contributed by atoms with Gasteiger partial charge in [0.05, 0.1) is 0 Å². The molecular weight excluding hydrogens is 383 g/mol. The van der Waals surface area contributed by atoms with E-state index in [-0.39, 0.29) is 23.7 Å². The Morgan fingerprint density at radius 3 is 2.33 bits per heavy atom. The standard InChI is InChI=1S/C21H30Cl2N2O2/c1-15(2)12-13-25(19(26)14-22)20(16-8-10-17(23)11-9-16)21(27)24-18-6-4-3-5-7-18/h8-11,15,18,20H,3-7,12-14H2,1-2H3,(H,24,27)/t20-/m1/s1. The van der Waals surface area contributed by atoms with Gasteiger partial charge in [-0.05, 0) is 42.9 Å². The van der Waals surface area contributed by atoms with Crippen molar-refractivity contribution in [3.63, 3.8) is 0 Å². The molecule has 0 spiro atoms. The molecule has 0 aliphatic heterocycles.